The van der Waals surface area contributed by atoms with E-state index in [0.717, 1.165) is 10.6 Å². The number of halogens is 2. The number of aromatic nitrogens is 4. The number of rotatable bonds is 2. The van der Waals surface area contributed by atoms with Crippen LogP contribution in [0, 0.1) is 0 Å². The van der Waals surface area contributed by atoms with Crippen LogP contribution in [0.2, 0.25) is 0 Å². The van der Waals surface area contributed by atoms with E-state index < -0.39 is 0 Å². The normalized spacial score (nSPS) is 16.0. The fraction of sp³-hybridized carbons (Fsp3) is 0.308. The van der Waals surface area contributed by atoms with Crippen LogP contribution in [0.25, 0.3) is 11.2 Å². The molecule has 23 heavy (non-hydrogen) atoms. The topological polar surface area (TPSA) is 113 Å². The van der Waals surface area contributed by atoms with Gasteiger partial charge in [-0.05, 0) is 40.9 Å². The molecule has 0 saturated heterocycles. The number of nitrogens with zero attached hydrogens (tertiary/aromatic N) is 4. The molecule has 0 amide bonds. The Morgan fingerprint density at radius 1 is 1.43 bits per heavy atom. The van der Waals surface area contributed by atoms with Crippen molar-refractivity contribution >= 4 is 44.6 Å². The molecule has 0 radical (unpaired) electrons. The predicted octanol–water partition coefficient (Wildman–Crippen LogP) is 1.96. The van der Waals surface area contributed by atoms with E-state index in [2.05, 4.69) is 30.9 Å². The van der Waals surface area contributed by atoms with Gasteiger partial charge in [-0.3, -0.25) is 14.8 Å². The van der Waals surface area contributed by atoms with Gasteiger partial charge in [0.05, 0.1) is 18.8 Å². The number of allylic oxidation sites excluding steroid dienone is 3. The Labute approximate surface area is 144 Å². The summed E-state index contributed by atoms with van der Waals surface area (Å²) in [6.07, 6.45) is 0. The smallest absolute Gasteiger partial charge is 0.328 e. The van der Waals surface area contributed by atoms with Crippen LogP contribution >= 0.6 is 27.5 Å². The second-order valence-electron chi connectivity index (χ2n) is 5.31. The van der Waals surface area contributed by atoms with Gasteiger partial charge in [0.2, 0.25) is 5.95 Å². The molecule has 3 rings (SSSR count). The third kappa shape index (κ3) is 2.64. The van der Waals surface area contributed by atoms with Crippen LogP contribution in [0.4, 0.5) is 5.95 Å². The number of hydrogen-bond acceptors (Lipinski definition) is 6. The molecule has 0 aromatic carbocycles. The van der Waals surface area contributed by atoms with E-state index >= 15 is 0 Å². The van der Waals surface area contributed by atoms with Crippen molar-refractivity contribution in [3.05, 3.63) is 37.0 Å². The standard InChI is InChI=1S/C13H14BrClN6O2/c1-5-3-21(23)7(6(2)8(5)15)4-20-11-9(17-13(20)22)10(14)18-12(16)19-11/h23H,3-4H2,1-2H3,(H,17,22)(H2,16,18,19). The summed E-state index contributed by atoms with van der Waals surface area (Å²) in [5.41, 5.74) is 8.16. The molecule has 4 N–H and O–H groups in total. The van der Waals surface area contributed by atoms with Crippen molar-refractivity contribution in [2.24, 2.45) is 0 Å². The summed E-state index contributed by atoms with van der Waals surface area (Å²) in [7, 11) is 0. The fourth-order valence-corrected chi connectivity index (χ4v) is 3.16. The molecule has 2 aromatic heterocycles. The van der Waals surface area contributed by atoms with E-state index in [9.17, 15) is 10.0 Å². The number of fused-ring (bicyclic) bond motifs is 1. The van der Waals surface area contributed by atoms with Crippen molar-refractivity contribution in [3.63, 3.8) is 0 Å². The average Bonchev–Trinajstić information content (AvgIpc) is 2.78. The van der Waals surface area contributed by atoms with Gasteiger partial charge < -0.3 is 10.7 Å². The Morgan fingerprint density at radius 2 is 2.13 bits per heavy atom. The van der Waals surface area contributed by atoms with Crippen LogP contribution in [0.5, 0.6) is 0 Å². The number of aromatic amines is 1. The largest absolute Gasteiger partial charge is 0.368 e. The first kappa shape index (κ1) is 16.0. The van der Waals surface area contributed by atoms with Gasteiger partial charge in [-0.15, -0.1) is 0 Å². The summed E-state index contributed by atoms with van der Waals surface area (Å²) in [6, 6.07) is 0. The van der Waals surface area contributed by atoms with Crippen LogP contribution in [-0.4, -0.2) is 36.3 Å². The SMILES string of the molecule is CC1=C(Cl)C(C)=C(Cn2c(=O)[nH]c3c(Br)nc(N)nc32)N(O)C1. The van der Waals surface area contributed by atoms with Crippen LogP contribution < -0.4 is 11.4 Å². The second kappa shape index (κ2) is 5.66. The number of nitrogen functional groups attached to an aromatic ring is 1. The Morgan fingerprint density at radius 3 is 2.83 bits per heavy atom. The lowest BCUT2D eigenvalue weighted by molar-refractivity contribution is -0.0535. The molecule has 0 fully saturated rings. The number of imidazole rings is 1. The molecule has 8 nitrogen and oxygen atoms in total. The molecule has 0 atom stereocenters. The Balaban J connectivity index is 2.16. The maximum atomic E-state index is 12.2. The molecule has 3 heterocycles. The second-order valence-corrected chi connectivity index (χ2v) is 6.44. The third-order valence-corrected chi connectivity index (χ3v) is 4.92. The summed E-state index contributed by atoms with van der Waals surface area (Å²) < 4.78 is 1.78. The monoisotopic (exact) mass is 400 g/mol. The minimum Gasteiger partial charge on any atom is -0.368 e. The molecule has 0 saturated carbocycles. The van der Waals surface area contributed by atoms with Gasteiger partial charge in [0.1, 0.15) is 10.1 Å². The average molecular weight is 402 g/mol. The lowest BCUT2D eigenvalue weighted by Crippen LogP contribution is -2.31. The van der Waals surface area contributed by atoms with Gasteiger partial charge in [0, 0.05) is 5.03 Å². The Bertz CT molecular complexity index is 928. The van der Waals surface area contributed by atoms with Crippen molar-refractivity contribution in [3.8, 4) is 0 Å². The number of nitrogens with two attached hydrogens (primary N) is 1. The minimum absolute atomic E-state index is 0.0427. The van der Waals surface area contributed by atoms with Gasteiger partial charge in [-0.2, -0.15) is 4.98 Å². The zero-order chi connectivity index (χ0) is 16.9. The highest BCUT2D eigenvalue weighted by Gasteiger charge is 2.23. The lowest BCUT2D eigenvalue weighted by atomic mass is 10.1. The first-order valence-corrected chi connectivity index (χ1v) is 7.90. The van der Waals surface area contributed by atoms with Crippen LogP contribution in [-0.2, 0) is 6.54 Å². The maximum absolute atomic E-state index is 12.2. The number of nitrogens with one attached hydrogen (secondary N) is 1. The van der Waals surface area contributed by atoms with Crippen molar-refractivity contribution in [2.45, 2.75) is 20.4 Å². The van der Waals surface area contributed by atoms with E-state index in [1.807, 2.05) is 6.92 Å². The first-order valence-electron chi connectivity index (χ1n) is 6.73. The molecule has 0 bridgehead atoms. The molecule has 10 heteroatoms. The molecule has 1 aliphatic rings. The highest BCUT2D eigenvalue weighted by atomic mass is 79.9. The molecule has 1 aliphatic heterocycles. The summed E-state index contributed by atoms with van der Waals surface area (Å²) in [6.45, 7) is 4.02. The summed E-state index contributed by atoms with van der Waals surface area (Å²) in [5.74, 6) is 0.0427. The molecular formula is C13H14BrClN6O2. The summed E-state index contributed by atoms with van der Waals surface area (Å²) >= 11 is 9.51. The van der Waals surface area contributed by atoms with Gasteiger partial charge in [-0.25, -0.2) is 9.78 Å². The fourth-order valence-electron chi connectivity index (χ4n) is 2.54. The number of hydroxylamine groups is 2. The number of anilines is 1. The van der Waals surface area contributed by atoms with Gasteiger partial charge in [-0.1, -0.05) is 11.6 Å². The predicted molar refractivity (Wildman–Crippen MR) is 90.0 cm³/mol. The van der Waals surface area contributed by atoms with Crippen molar-refractivity contribution in [1.29, 1.82) is 0 Å². The molecule has 0 unspecified atom stereocenters. The molecule has 0 aliphatic carbocycles. The van der Waals surface area contributed by atoms with E-state index in [0.29, 0.717) is 32.1 Å². The van der Waals surface area contributed by atoms with E-state index in [-0.39, 0.29) is 24.7 Å². The van der Waals surface area contributed by atoms with Crippen LogP contribution in [0.1, 0.15) is 13.8 Å². The molecule has 122 valence electrons. The van der Waals surface area contributed by atoms with Gasteiger partial charge in [0.25, 0.3) is 0 Å². The van der Waals surface area contributed by atoms with Crippen LogP contribution in [0.15, 0.2) is 31.3 Å². The molecule has 0 spiro atoms. The highest BCUT2D eigenvalue weighted by molar-refractivity contribution is 9.10. The zero-order valence-electron chi connectivity index (χ0n) is 12.4. The van der Waals surface area contributed by atoms with E-state index in [4.69, 9.17) is 17.3 Å². The van der Waals surface area contributed by atoms with Crippen molar-refractivity contribution in [2.75, 3.05) is 12.3 Å². The number of H-pyrrole nitrogens is 1. The quantitative estimate of drug-likeness (QED) is 0.663. The Hall–Kier alpha value is -1.84. The highest BCUT2D eigenvalue weighted by Crippen LogP contribution is 2.30. The third-order valence-electron chi connectivity index (χ3n) is 3.74. The van der Waals surface area contributed by atoms with Crippen molar-refractivity contribution in [1.82, 2.24) is 24.6 Å². The number of hydrogen-bond donors (Lipinski definition) is 3. The van der Waals surface area contributed by atoms with E-state index in [1.165, 1.54) is 4.57 Å². The lowest BCUT2D eigenvalue weighted by Gasteiger charge is -2.28. The zero-order valence-corrected chi connectivity index (χ0v) is 14.7. The summed E-state index contributed by atoms with van der Waals surface area (Å²) in [5, 5.41) is 11.9. The van der Waals surface area contributed by atoms with Gasteiger partial charge >= 0.3 is 5.69 Å². The van der Waals surface area contributed by atoms with Crippen molar-refractivity contribution < 1.29 is 5.21 Å². The van der Waals surface area contributed by atoms with Gasteiger partial charge in [0.15, 0.2) is 5.65 Å². The van der Waals surface area contributed by atoms with Crippen LogP contribution in [0.3, 0.4) is 0 Å². The molecular weight excluding hydrogens is 388 g/mol. The first-order chi connectivity index (χ1) is 10.8. The summed E-state index contributed by atoms with van der Waals surface area (Å²) in [4.78, 5) is 23.0. The Kier molecular flexibility index (Phi) is 3.95. The minimum atomic E-state index is -0.378. The van der Waals surface area contributed by atoms with E-state index in [1.54, 1.807) is 6.92 Å². The maximum Gasteiger partial charge on any atom is 0.328 e. The molecule has 2 aromatic rings.